The standard InChI is InChI=1S/C9H11ClN2O2/c1-3-7-6(10)4-5(8(13)11-2)9(14)12-7/h4H,3H2,1-2H3,(H,11,13)(H,12,14). The topological polar surface area (TPSA) is 62.0 Å². The molecule has 0 fully saturated rings. The van der Waals surface area contributed by atoms with Crippen molar-refractivity contribution in [2.24, 2.45) is 0 Å². The minimum absolute atomic E-state index is 0.0368. The Balaban J connectivity index is 3.29. The number of aryl methyl sites for hydroxylation is 1. The fraction of sp³-hybridized carbons (Fsp3) is 0.333. The minimum Gasteiger partial charge on any atom is -0.355 e. The molecule has 1 rings (SSSR count). The van der Waals surface area contributed by atoms with Crippen molar-refractivity contribution in [1.82, 2.24) is 10.3 Å². The number of nitrogens with one attached hydrogen (secondary N) is 2. The van der Waals surface area contributed by atoms with Gasteiger partial charge in [0.1, 0.15) is 5.56 Å². The molecule has 0 unspecified atom stereocenters. The molecule has 0 bridgehead atoms. The van der Waals surface area contributed by atoms with Crippen molar-refractivity contribution in [2.45, 2.75) is 13.3 Å². The van der Waals surface area contributed by atoms with E-state index in [1.807, 2.05) is 6.92 Å². The zero-order chi connectivity index (χ0) is 10.7. The van der Waals surface area contributed by atoms with Crippen LogP contribution in [0, 0.1) is 0 Å². The molecule has 0 radical (unpaired) electrons. The van der Waals surface area contributed by atoms with Crippen molar-refractivity contribution in [2.75, 3.05) is 7.05 Å². The lowest BCUT2D eigenvalue weighted by molar-refractivity contribution is 0.0961. The average Bonchev–Trinajstić information content (AvgIpc) is 2.19. The van der Waals surface area contributed by atoms with Gasteiger partial charge in [0.15, 0.2) is 0 Å². The van der Waals surface area contributed by atoms with E-state index in [1.165, 1.54) is 13.1 Å². The second-order valence-corrected chi connectivity index (χ2v) is 3.18. The molecule has 2 N–H and O–H groups in total. The number of halogens is 1. The van der Waals surface area contributed by atoms with E-state index in [9.17, 15) is 9.59 Å². The largest absolute Gasteiger partial charge is 0.355 e. The molecule has 0 atom stereocenters. The van der Waals surface area contributed by atoms with Crippen LogP contribution >= 0.6 is 11.6 Å². The molecule has 0 saturated carbocycles. The van der Waals surface area contributed by atoms with Crippen LogP contribution in [-0.4, -0.2) is 17.9 Å². The normalized spacial score (nSPS) is 9.93. The van der Waals surface area contributed by atoms with E-state index in [0.717, 1.165) is 0 Å². The molecule has 1 amide bonds. The van der Waals surface area contributed by atoms with Gasteiger partial charge >= 0.3 is 0 Å². The van der Waals surface area contributed by atoms with Gasteiger partial charge in [-0.05, 0) is 12.5 Å². The summed E-state index contributed by atoms with van der Waals surface area (Å²) in [6.45, 7) is 1.87. The van der Waals surface area contributed by atoms with E-state index in [0.29, 0.717) is 17.1 Å². The third kappa shape index (κ3) is 1.96. The van der Waals surface area contributed by atoms with Gasteiger partial charge in [0.05, 0.1) is 5.02 Å². The molecule has 14 heavy (non-hydrogen) atoms. The van der Waals surface area contributed by atoms with Gasteiger partial charge in [-0.15, -0.1) is 0 Å². The van der Waals surface area contributed by atoms with Crippen molar-refractivity contribution in [1.29, 1.82) is 0 Å². The van der Waals surface area contributed by atoms with Crippen LogP contribution in [-0.2, 0) is 6.42 Å². The smallest absolute Gasteiger partial charge is 0.261 e. The zero-order valence-corrected chi connectivity index (χ0v) is 8.73. The third-order valence-corrected chi connectivity index (χ3v) is 2.23. The Morgan fingerprint density at radius 1 is 1.64 bits per heavy atom. The molecule has 4 nitrogen and oxygen atoms in total. The van der Waals surface area contributed by atoms with Gasteiger partial charge in [0.25, 0.3) is 11.5 Å². The molecule has 0 spiro atoms. The Labute approximate surface area is 86.3 Å². The number of aromatic nitrogens is 1. The van der Waals surface area contributed by atoms with Crippen LogP contribution in [0.25, 0.3) is 0 Å². The predicted molar refractivity (Wildman–Crippen MR) is 54.8 cm³/mol. The van der Waals surface area contributed by atoms with E-state index in [4.69, 9.17) is 11.6 Å². The predicted octanol–water partition coefficient (Wildman–Crippen LogP) is 0.950. The first-order valence-electron chi connectivity index (χ1n) is 4.24. The Kier molecular flexibility index (Phi) is 3.30. The Hall–Kier alpha value is -1.29. The number of carbonyl (C=O) groups excluding carboxylic acids is 1. The highest BCUT2D eigenvalue weighted by atomic mass is 35.5. The van der Waals surface area contributed by atoms with Gasteiger partial charge < -0.3 is 10.3 Å². The van der Waals surface area contributed by atoms with Crippen molar-refractivity contribution < 1.29 is 4.79 Å². The lowest BCUT2D eigenvalue weighted by atomic mass is 10.2. The molecule has 76 valence electrons. The maximum Gasteiger partial charge on any atom is 0.261 e. The fourth-order valence-electron chi connectivity index (χ4n) is 1.10. The molecule has 0 aliphatic rings. The lowest BCUT2D eigenvalue weighted by Crippen LogP contribution is -2.27. The fourth-order valence-corrected chi connectivity index (χ4v) is 1.39. The summed E-state index contributed by atoms with van der Waals surface area (Å²) in [6, 6.07) is 1.39. The number of aromatic amines is 1. The quantitative estimate of drug-likeness (QED) is 0.770. The Morgan fingerprint density at radius 3 is 2.79 bits per heavy atom. The van der Waals surface area contributed by atoms with Crippen molar-refractivity contribution in [3.63, 3.8) is 0 Å². The highest BCUT2D eigenvalue weighted by molar-refractivity contribution is 6.31. The number of hydrogen-bond acceptors (Lipinski definition) is 2. The number of hydrogen-bond donors (Lipinski definition) is 2. The maximum absolute atomic E-state index is 11.4. The molecule has 0 saturated heterocycles. The summed E-state index contributed by atoms with van der Waals surface area (Å²) in [5.74, 6) is -0.434. The van der Waals surface area contributed by atoms with Crippen LogP contribution in [0.1, 0.15) is 23.0 Å². The van der Waals surface area contributed by atoms with Crippen LogP contribution in [0.4, 0.5) is 0 Å². The molecule has 1 aromatic rings. The molecule has 0 aromatic carbocycles. The summed E-state index contributed by atoms with van der Waals surface area (Å²) < 4.78 is 0. The first-order chi connectivity index (χ1) is 6.60. The molecule has 1 aromatic heterocycles. The van der Waals surface area contributed by atoms with Gasteiger partial charge in [0, 0.05) is 12.7 Å². The van der Waals surface area contributed by atoms with Crippen molar-refractivity contribution in [3.05, 3.63) is 32.7 Å². The summed E-state index contributed by atoms with van der Waals surface area (Å²) in [5, 5.41) is 2.78. The first kappa shape index (κ1) is 10.8. The summed E-state index contributed by atoms with van der Waals surface area (Å²) in [6.07, 6.45) is 0.627. The van der Waals surface area contributed by atoms with E-state index >= 15 is 0 Å². The number of amides is 1. The number of H-pyrrole nitrogens is 1. The minimum atomic E-state index is -0.434. The maximum atomic E-state index is 11.4. The highest BCUT2D eigenvalue weighted by Gasteiger charge is 2.11. The zero-order valence-electron chi connectivity index (χ0n) is 7.98. The average molecular weight is 215 g/mol. The molecule has 1 heterocycles. The van der Waals surface area contributed by atoms with Gasteiger partial charge in [-0.2, -0.15) is 0 Å². The van der Waals surface area contributed by atoms with E-state index in [1.54, 1.807) is 0 Å². The van der Waals surface area contributed by atoms with Crippen molar-refractivity contribution in [3.8, 4) is 0 Å². The Morgan fingerprint density at radius 2 is 2.29 bits per heavy atom. The van der Waals surface area contributed by atoms with Crippen LogP contribution in [0.15, 0.2) is 10.9 Å². The Bertz CT molecular complexity index is 412. The van der Waals surface area contributed by atoms with Gasteiger partial charge in [-0.25, -0.2) is 0 Å². The number of rotatable bonds is 2. The number of pyridine rings is 1. The monoisotopic (exact) mass is 214 g/mol. The number of carbonyl (C=O) groups is 1. The highest BCUT2D eigenvalue weighted by Crippen LogP contribution is 2.13. The van der Waals surface area contributed by atoms with Crippen LogP contribution in [0.3, 0.4) is 0 Å². The molecule has 0 aliphatic carbocycles. The van der Waals surface area contributed by atoms with Crippen LogP contribution in [0.2, 0.25) is 5.02 Å². The van der Waals surface area contributed by atoms with E-state index in [2.05, 4.69) is 10.3 Å². The molecule has 5 heteroatoms. The molecular formula is C9H11ClN2O2. The molecular weight excluding hydrogens is 204 g/mol. The summed E-state index contributed by atoms with van der Waals surface area (Å²) in [5.41, 5.74) is 0.268. The summed E-state index contributed by atoms with van der Waals surface area (Å²) in [7, 11) is 1.46. The van der Waals surface area contributed by atoms with Gasteiger partial charge in [0.2, 0.25) is 0 Å². The van der Waals surface area contributed by atoms with Gasteiger partial charge in [-0.3, -0.25) is 9.59 Å². The van der Waals surface area contributed by atoms with Crippen LogP contribution in [0.5, 0.6) is 0 Å². The summed E-state index contributed by atoms with van der Waals surface area (Å²) in [4.78, 5) is 25.1. The third-order valence-electron chi connectivity index (χ3n) is 1.89. The van der Waals surface area contributed by atoms with Crippen LogP contribution < -0.4 is 10.9 Å². The van der Waals surface area contributed by atoms with E-state index in [-0.39, 0.29) is 5.56 Å². The second kappa shape index (κ2) is 4.28. The van der Waals surface area contributed by atoms with Gasteiger partial charge in [-0.1, -0.05) is 18.5 Å². The summed E-state index contributed by atoms with van der Waals surface area (Å²) >= 11 is 5.85. The van der Waals surface area contributed by atoms with Crippen molar-refractivity contribution >= 4 is 17.5 Å². The van der Waals surface area contributed by atoms with E-state index < -0.39 is 11.5 Å². The molecule has 0 aliphatic heterocycles. The first-order valence-corrected chi connectivity index (χ1v) is 4.61. The SMILES string of the molecule is CCc1[nH]c(=O)c(C(=O)NC)cc1Cl. The second-order valence-electron chi connectivity index (χ2n) is 2.77. The lowest BCUT2D eigenvalue weighted by Gasteiger charge is -2.03.